The van der Waals surface area contributed by atoms with Gasteiger partial charge in [0.15, 0.2) is 0 Å². The van der Waals surface area contributed by atoms with Crippen LogP contribution in [0.25, 0.3) is 0 Å². The number of hydrogen-bond acceptors (Lipinski definition) is 4. The summed E-state index contributed by atoms with van der Waals surface area (Å²) in [5, 5.41) is 8.65. The summed E-state index contributed by atoms with van der Waals surface area (Å²) in [4.78, 5) is 12.9. The molecule has 1 aliphatic heterocycles. The second-order valence-corrected chi connectivity index (χ2v) is 4.82. The maximum atomic E-state index is 10.5. The summed E-state index contributed by atoms with van der Waals surface area (Å²) in [6.07, 6.45) is 3.37. The molecule has 0 bridgehead atoms. The van der Waals surface area contributed by atoms with E-state index in [2.05, 4.69) is 4.90 Å². The minimum atomic E-state index is -0.677. The van der Waals surface area contributed by atoms with Gasteiger partial charge in [0.1, 0.15) is 0 Å². The van der Waals surface area contributed by atoms with E-state index in [0.29, 0.717) is 25.6 Å². The predicted molar refractivity (Wildman–Crippen MR) is 68.7 cm³/mol. The third-order valence-corrected chi connectivity index (χ3v) is 3.46. The average molecular weight is 259 g/mol. The molecule has 0 unspecified atom stereocenters. The fraction of sp³-hybridized carbons (Fsp3) is 0.923. The molecule has 5 nitrogen and oxygen atoms in total. The summed E-state index contributed by atoms with van der Waals surface area (Å²) in [6.45, 7) is 5.16. The Labute approximate surface area is 109 Å². The molecule has 1 saturated heterocycles. The highest BCUT2D eigenvalue weighted by molar-refractivity contribution is 5.66. The van der Waals surface area contributed by atoms with Gasteiger partial charge in [-0.25, -0.2) is 0 Å². The van der Waals surface area contributed by atoms with Gasteiger partial charge in [0.2, 0.25) is 0 Å². The van der Waals surface area contributed by atoms with Crippen LogP contribution in [-0.2, 0) is 14.3 Å². The Bertz CT molecular complexity index is 227. The van der Waals surface area contributed by atoms with Gasteiger partial charge in [-0.2, -0.15) is 0 Å². The van der Waals surface area contributed by atoms with Gasteiger partial charge in [0.05, 0.1) is 19.8 Å². The monoisotopic (exact) mass is 259 g/mol. The minimum Gasteiger partial charge on any atom is -0.481 e. The van der Waals surface area contributed by atoms with Crippen LogP contribution in [0.1, 0.15) is 25.7 Å². The predicted octanol–water partition coefficient (Wildman–Crippen LogP) is 1.23. The van der Waals surface area contributed by atoms with Crippen LogP contribution >= 0.6 is 0 Å². The van der Waals surface area contributed by atoms with E-state index in [0.717, 1.165) is 45.5 Å². The maximum absolute atomic E-state index is 10.5. The number of methoxy groups -OCH3 is 1. The minimum absolute atomic E-state index is 0.310. The van der Waals surface area contributed by atoms with Gasteiger partial charge < -0.3 is 19.5 Å². The molecule has 5 heteroatoms. The Kier molecular flexibility index (Phi) is 7.96. The Morgan fingerprint density at radius 3 is 2.61 bits per heavy atom. The second kappa shape index (κ2) is 9.30. The van der Waals surface area contributed by atoms with E-state index in [4.69, 9.17) is 14.6 Å². The first-order valence-corrected chi connectivity index (χ1v) is 6.73. The number of carboxylic acid groups (broad SMARTS) is 1. The molecule has 1 fully saturated rings. The highest BCUT2D eigenvalue weighted by Gasteiger charge is 2.19. The van der Waals surface area contributed by atoms with Gasteiger partial charge in [0, 0.05) is 20.1 Å². The number of hydrogen-bond donors (Lipinski definition) is 1. The van der Waals surface area contributed by atoms with Crippen molar-refractivity contribution in [1.29, 1.82) is 0 Å². The third-order valence-electron chi connectivity index (χ3n) is 3.46. The highest BCUT2D eigenvalue weighted by atomic mass is 16.5. The van der Waals surface area contributed by atoms with Crippen LogP contribution in [-0.4, -0.2) is 62.5 Å². The Morgan fingerprint density at radius 1 is 1.28 bits per heavy atom. The zero-order valence-electron chi connectivity index (χ0n) is 11.3. The van der Waals surface area contributed by atoms with Crippen molar-refractivity contribution < 1.29 is 19.4 Å². The topological polar surface area (TPSA) is 59.0 Å². The number of ether oxygens (including phenoxy) is 2. The van der Waals surface area contributed by atoms with E-state index >= 15 is 0 Å². The average Bonchev–Trinajstić information content (AvgIpc) is 2.37. The van der Waals surface area contributed by atoms with Gasteiger partial charge in [-0.3, -0.25) is 4.79 Å². The van der Waals surface area contributed by atoms with Crippen molar-refractivity contribution in [2.45, 2.75) is 25.7 Å². The van der Waals surface area contributed by atoms with Gasteiger partial charge in [-0.15, -0.1) is 0 Å². The van der Waals surface area contributed by atoms with E-state index < -0.39 is 5.97 Å². The Balaban J connectivity index is 1.99. The first-order valence-electron chi connectivity index (χ1n) is 6.73. The molecule has 0 amide bonds. The lowest BCUT2D eigenvalue weighted by molar-refractivity contribution is -0.137. The Morgan fingerprint density at radius 2 is 2.00 bits per heavy atom. The summed E-state index contributed by atoms with van der Waals surface area (Å²) < 4.78 is 10.3. The summed E-state index contributed by atoms with van der Waals surface area (Å²) in [5.41, 5.74) is 0. The zero-order chi connectivity index (χ0) is 13.2. The quantitative estimate of drug-likeness (QED) is 0.631. The van der Waals surface area contributed by atoms with Crippen molar-refractivity contribution in [2.24, 2.45) is 5.92 Å². The number of aliphatic carboxylic acids is 1. The normalized spacial score (nSPS) is 18.1. The fourth-order valence-corrected chi connectivity index (χ4v) is 2.26. The van der Waals surface area contributed by atoms with Gasteiger partial charge in [-0.05, 0) is 38.3 Å². The maximum Gasteiger partial charge on any atom is 0.303 e. The van der Waals surface area contributed by atoms with E-state index in [1.807, 2.05) is 0 Å². The molecule has 0 spiro atoms. The van der Waals surface area contributed by atoms with Gasteiger partial charge in [-0.1, -0.05) is 0 Å². The molecule has 0 atom stereocenters. The molecule has 106 valence electrons. The first kappa shape index (κ1) is 15.4. The van der Waals surface area contributed by atoms with Crippen molar-refractivity contribution in [3.8, 4) is 0 Å². The number of carbonyl (C=O) groups is 1. The van der Waals surface area contributed by atoms with Crippen LogP contribution in [0, 0.1) is 5.92 Å². The largest absolute Gasteiger partial charge is 0.481 e. The van der Waals surface area contributed by atoms with Crippen molar-refractivity contribution in [1.82, 2.24) is 4.90 Å². The lowest BCUT2D eigenvalue weighted by Gasteiger charge is -2.31. The van der Waals surface area contributed by atoms with E-state index in [1.54, 1.807) is 7.11 Å². The molecule has 0 aromatic carbocycles. The summed E-state index contributed by atoms with van der Waals surface area (Å²) >= 11 is 0. The molecule has 18 heavy (non-hydrogen) atoms. The highest BCUT2D eigenvalue weighted by Crippen LogP contribution is 2.21. The molecule has 0 aromatic heterocycles. The van der Waals surface area contributed by atoms with Crippen LogP contribution in [0.2, 0.25) is 0 Å². The van der Waals surface area contributed by atoms with Crippen molar-refractivity contribution in [3.63, 3.8) is 0 Å². The fourth-order valence-electron chi connectivity index (χ4n) is 2.26. The van der Waals surface area contributed by atoms with E-state index in [1.165, 1.54) is 0 Å². The number of rotatable bonds is 9. The molecule has 0 aliphatic carbocycles. The van der Waals surface area contributed by atoms with Gasteiger partial charge >= 0.3 is 5.97 Å². The van der Waals surface area contributed by atoms with Crippen LogP contribution in [0.3, 0.4) is 0 Å². The molecule has 0 saturated carbocycles. The number of carboxylic acids is 1. The number of likely N-dealkylation sites (tertiary alicyclic amines) is 1. The Hall–Kier alpha value is -0.650. The molecular weight excluding hydrogens is 234 g/mol. The molecule has 1 rings (SSSR count). The molecule has 0 aromatic rings. The van der Waals surface area contributed by atoms with Crippen LogP contribution in [0.4, 0.5) is 0 Å². The van der Waals surface area contributed by atoms with Crippen molar-refractivity contribution in [3.05, 3.63) is 0 Å². The van der Waals surface area contributed by atoms with Crippen LogP contribution < -0.4 is 0 Å². The summed E-state index contributed by atoms with van der Waals surface area (Å²) in [7, 11) is 1.67. The summed E-state index contributed by atoms with van der Waals surface area (Å²) in [5.74, 6) is -0.0873. The molecular formula is C13H25NO4. The SMILES string of the molecule is COCCOCCN1CCC(CCC(=O)O)CC1. The van der Waals surface area contributed by atoms with E-state index in [-0.39, 0.29) is 0 Å². The standard InChI is InChI=1S/C13H25NO4/c1-17-10-11-18-9-8-14-6-4-12(5-7-14)2-3-13(15)16/h12H,2-11H2,1H3,(H,15,16). The zero-order valence-corrected chi connectivity index (χ0v) is 11.3. The number of piperidine rings is 1. The lowest BCUT2D eigenvalue weighted by Crippen LogP contribution is -2.36. The second-order valence-electron chi connectivity index (χ2n) is 4.82. The molecule has 0 radical (unpaired) electrons. The van der Waals surface area contributed by atoms with Crippen LogP contribution in [0.15, 0.2) is 0 Å². The molecule has 1 heterocycles. The smallest absolute Gasteiger partial charge is 0.303 e. The van der Waals surface area contributed by atoms with Crippen LogP contribution in [0.5, 0.6) is 0 Å². The van der Waals surface area contributed by atoms with E-state index in [9.17, 15) is 4.79 Å². The molecule has 1 aliphatic rings. The van der Waals surface area contributed by atoms with Crippen molar-refractivity contribution in [2.75, 3.05) is 46.6 Å². The molecule has 1 N–H and O–H groups in total. The third kappa shape index (κ3) is 6.93. The van der Waals surface area contributed by atoms with Gasteiger partial charge in [0.25, 0.3) is 0 Å². The lowest BCUT2D eigenvalue weighted by atomic mass is 9.92. The van der Waals surface area contributed by atoms with Crippen molar-refractivity contribution >= 4 is 5.97 Å². The number of nitrogens with zero attached hydrogens (tertiary/aromatic N) is 1. The first-order chi connectivity index (χ1) is 8.72. The summed E-state index contributed by atoms with van der Waals surface area (Å²) in [6, 6.07) is 0.